The molecule has 3 aromatic rings. The molecule has 0 saturated heterocycles. The van der Waals surface area contributed by atoms with Gasteiger partial charge in [-0.2, -0.15) is 0 Å². The maximum atomic E-state index is 12.5. The van der Waals surface area contributed by atoms with Crippen LogP contribution in [0.3, 0.4) is 0 Å². The smallest absolute Gasteiger partial charge is 0.203 e. The van der Waals surface area contributed by atoms with Crippen LogP contribution in [0.2, 0.25) is 0 Å². The molecule has 0 saturated carbocycles. The fourth-order valence-corrected chi connectivity index (χ4v) is 2.71. The molecule has 0 radical (unpaired) electrons. The van der Waals surface area contributed by atoms with Gasteiger partial charge in [0.1, 0.15) is 0 Å². The fourth-order valence-electron chi connectivity index (χ4n) is 2.71. The van der Waals surface area contributed by atoms with Crippen molar-refractivity contribution < 1.29 is 4.79 Å². The van der Waals surface area contributed by atoms with Crippen molar-refractivity contribution in [1.29, 1.82) is 5.41 Å². The SMILES string of the molecule is Br.CCc1ccc(C(=O)Cn2c(=N)n(C)c3ccccc32)cc1. The predicted octanol–water partition coefficient (Wildman–Crippen LogP) is 3.48. The number of para-hydroxylation sites is 2. The van der Waals surface area contributed by atoms with Crippen LogP contribution in [-0.2, 0) is 20.0 Å². The van der Waals surface area contributed by atoms with Crippen molar-refractivity contribution in [3.8, 4) is 0 Å². The summed E-state index contributed by atoms with van der Waals surface area (Å²) < 4.78 is 3.55. The third kappa shape index (κ3) is 3.15. The summed E-state index contributed by atoms with van der Waals surface area (Å²) in [7, 11) is 1.85. The van der Waals surface area contributed by atoms with Gasteiger partial charge in [-0.3, -0.25) is 10.2 Å². The van der Waals surface area contributed by atoms with Gasteiger partial charge in [0.25, 0.3) is 0 Å². The Morgan fingerprint density at radius 3 is 2.26 bits per heavy atom. The first-order chi connectivity index (χ1) is 10.6. The number of imidazole rings is 1. The Hall–Kier alpha value is -2.14. The van der Waals surface area contributed by atoms with E-state index in [2.05, 4.69) is 6.92 Å². The molecule has 5 heteroatoms. The van der Waals surface area contributed by atoms with E-state index in [4.69, 9.17) is 5.41 Å². The molecule has 0 amide bonds. The third-order valence-corrected chi connectivity index (χ3v) is 4.09. The van der Waals surface area contributed by atoms with Crippen LogP contribution in [0.25, 0.3) is 11.0 Å². The number of aryl methyl sites for hydroxylation is 2. The van der Waals surface area contributed by atoms with E-state index in [9.17, 15) is 4.79 Å². The molecule has 0 unspecified atom stereocenters. The van der Waals surface area contributed by atoms with Gasteiger partial charge < -0.3 is 9.13 Å². The average Bonchev–Trinajstić information content (AvgIpc) is 2.80. The van der Waals surface area contributed by atoms with Crippen LogP contribution in [0.15, 0.2) is 48.5 Å². The van der Waals surface area contributed by atoms with Crippen molar-refractivity contribution in [2.24, 2.45) is 7.05 Å². The monoisotopic (exact) mass is 373 g/mol. The topological polar surface area (TPSA) is 50.8 Å². The van der Waals surface area contributed by atoms with Crippen LogP contribution in [0, 0.1) is 5.41 Å². The molecule has 2 aromatic carbocycles. The Morgan fingerprint density at radius 1 is 1.04 bits per heavy atom. The van der Waals surface area contributed by atoms with Crippen LogP contribution >= 0.6 is 17.0 Å². The highest BCUT2D eigenvalue weighted by Gasteiger charge is 2.12. The number of ketones is 1. The van der Waals surface area contributed by atoms with Crippen LogP contribution in [0.4, 0.5) is 0 Å². The molecule has 1 heterocycles. The number of benzene rings is 2. The summed E-state index contributed by atoms with van der Waals surface area (Å²) in [5.41, 5.74) is 4.11. The molecule has 0 spiro atoms. The molecule has 120 valence electrons. The Bertz CT molecular complexity index is 891. The zero-order valence-electron chi connectivity index (χ0n) is 13.2. The van der Waals surface area contributed by atoms with Crippen LogP contribution in [0.1, 0.15) is 22.8 Å². The number of hydrogen-bond donors (Lipinski definition) is 1. The van der Waals surface area contributed by atoms with E-state index in [0.717, 1.165) is 17.5 Å². The highest BCUT2D eigenvalue weighted by Crippen LogP contribution is 2.13. The lowest BCUT2D eigenvalue weighted by Gasteiger charge is -2.05. The van der Waals surface area contributed by atoms with Crippen molar-refractivity contribution in [3.63, 3.8) is 0 Å². The van der Waals surface area contributed by atoms with Gasteiger partial charge in [-0.25, -0.2) is 0 Å². The molecule has 0 aliphatic heterocycles. The number of carbonyl (C=O) groups is 1. The first-order valence-corrected chi connectivity index (χ1v) is 7.42. The summed E-state index contributed by atoms with van der Waals surface area (Å²) in [4.78, 5) is 12.5. The zero-order chi connectivity index (χ0) is 15.7. The molecule has 0 aliphatic rings. The summed E-state index contributed by atoms with van der Waals surface area (Å²) >= 11 is 0. The van der Waals surface area contributed by atoms with E-state index in [1.165, 1.54) is 5.56 Å². The number of halogens is 1. The van der Waals surface area contributed by atoms with E-state index in [-0.39, 0.29) is 29.3 Å². The Labute approximate surface area is 145 Å². The summed E-state index contributed by atoms with van der Waals surface area (Å²) in [6, 6.07) is 15.5. The number of carbonyl (C=O) groups excluding carboxylic acids is 1. The number of hydrogen-bond acceptors (Lipinski definition) is 2. The average molecular weight is 374 g/mol. The lowest BCUT2D eigenvalue weighted by molar-refractivity contribution is 0.0971. The summed E-state index contributed by atoms with van der Waals surface area (Å²) in [5.74, 6) is 0.0255. The fraction of sp³-hybridized carbons (Fsp3) is 0.222. The molecular weight excluding hydrogens is 354 g/mol. The van der Waals surface area contributed by atoms with Gasteiger partial charge in [-0.1, -0.05) is 43.3 Å². The number of fused-ring (bicyclic) bond motifs is 1. The molecule has 4 nitrogen and oxygen atoms in total. The molecule has 0 atom stereocenters. The van der Waals surface area contributed by atoms with E-state index >= 15 is 0 Å². The lowest BCUT2D eigenvalue weighted by Crippen LogP contribution is -2.25. The summed E-state index contributed by atoms with van der Waals surface area (Å²) in [6.45, 7) is 2.28. The van der Waals surface area contributed by atoms with Crippen LogP contribution < -0.4 is 5.62 Å². The second-order valence-electron chi connectivity index (χ2n) is 5.43. The number of rotatable bonds is 4. The van der Waals surface area contributed by atoms with E-state index in [1.54, 1.807) is 9.13 Å². The van der Waals surface area contributed by atoms with Crippen LogP contribution in [-0.4, -0.2) is 14.9 Å². The largest absolute Gasteiger partial charge is 0.313 e. The van der Waals surface area contributed by atoms with Gasteiger partial charge in [-0.15, -0.1) is 17.0 Å². The Morgan fingerprint density at radius 2 is 1.65 bits per heavy atom. The van der Waals surface area contributed by atoms with Gasteiger partial charge in [0.2, 0.25) is 5.62 Å². The molecule has 0 fully saturated rings. The standard InChI is InChI=1S/C18H19N3O.BrH/c1-3-13-8-10-14(11-9-13)17(22)12-21-16-7-5-4-6-15(16)20(2)18(21)19;/h4-11,19H,3,12H2,1-2H3;1H. The minimum Gasteiger partial charge on any atom is -0.313 e. The second-order valence-corrected chi connectivity index (χ2v) is 5.43. The molecule has 1 N–H and O–H groups in total. The molecular formula is C18H20BrN3O. The lowest BCUT2D eigenvalue weighted by atomic mass is 10.1. The van der Waals surface area contributed by atoms with Crippen LogP contribution in [0.5, 0.6) is 0 Å². The van der Waals surface area contributed by atoms with Gasteiger partial charge in [0.05, 0.1) is 17.6 Å². The molecule has 1 aromatic heterocycles. The predicted molar refractivity (Wildman–Crippen MR) is 97.2 cm³/mol. The third-order valence-electron chi connectivity index (χ3n) is 4.09. The quantitative estimate of drug-likeness (QED) is 0.699. The van der Waals surface area contributed by atoms with Gasteiger partial charge in [-0.05, 0) is 24.1 Å². The molecule has 0 aliphatic carbocycles. The minimum atomic E-state index is 0. The molecule has 0 bridgehead atoms. The van der Waals surface area contributed by atoms with Gasteiger partial charge >= 0.3 is 0 Å². The zero-order valence-corrected chi connectivity index (χ0v) is 15.0. The first-order valence-electron chi connectivity index (χ1n) is 7.42. The highest BCUT2D eigenvalue weighted by molar-refractivity contribution is 8.93. The summed E-state index contributed by atoms with van der Waals surface area (Å²) in [5, 5.41) is 8.22. The van der Waals surface area contributed by atoms with E-state index in [1.807, 2.05) is 55.6 Å². The second kappa shape index (κ2) is 6.96. The number of Topliss-reactive ketones (excluding diaryl/α,β-unsaturated/α-hetero) is 1. The van der Waals surface area contributed by atoms with E-state index in [0.29, 0.717) is 11.2 Å². The minimum absolute atomic E-state index is 0. The normalized spacial score (nSPS) is 10.5. The van der Waals surface area contributed by atoms with Gasteiger partial charge in [0, 0.05) is 12.6 Å². The Kier molecular flexibility index (Phi) is 5.21. The first kappa shape index (κ1) is 17.2. The Balaban J connectivity index is 0.00000192. The van der Waals surface area contributed by atoms with E-state index < -0.39 is 0 Å². The summed E-state index contributed by atoms with van der Waals surface area (Å²) in [6.07, 6.45) is 0.962. The number of aromatic nitrogens is 2. The molecule has 23 heavy (non-hydrogen) atoms. The number of nitrogens with zero attached hydrogens (tertiary/aromatic N) is 2. The van der Waals surface area contributed by atoms with Crippen molar-refractivity contribution in [2.75, 3.05) is 0 Å². The molecule has 3 rings (SSSR count). The van der Waals surface area contributed by atoms with Crippen molar-refractivity contribution >= 4 is 33.8 Å². The van der Waals surface area contributed by atoms with Crippen molar-refractivity contribution in [2.45, 2.75) is 19.9 Å². The maximum absolute atomic E-state index is 12.5. The number of nitrogens with one attached hydrogen (secondary N) is 1. The van der Waals surface area contributed by atoms with Crippen molar-refractivity contribution in [3.05, 3.63) is 65.3 Å². The van der Waals surface area contributed by atoms with Crippen molar-refractivity contribution in [1.82, 2.24) is 9.13 Å². The van der Waals surface area contributed by atoms with Gasteiger partial charge in [0.15, 0.2) is 5.78 Å². The maximum Gasteiger partial charge on any atom is 0.203 e. The highest BCUT2D eigenvalue weighted by atomic mass is 79.9.